The molecular weight excluding hydrogens is 293 g/mol. The van der Waals surface area contributed by atoms with E-state index >= 15 is 0 Å². The standard InChI is InChI=1S/C11H13F3N4O3/c12-11(13,14)10(20)8-5-18(17-16-8)6-9(19)15-4-7-2-1-3-21-7/h5,7H,1-4,6H2,(H,15,19). The monoisotopic (exact) mass is 306 g/mol. The molecule has 1 atom stereocenters. The average molecular weight is 306 g/mol. The summed E-state index contributed by atoms with van der Waals surface area (Å²) in [6.45, 7) is 0.680. The molecule has 0 saturated carbocycles. The van der Waals surface area contributed by atoms with Crippen LogP contribution in [0.4, 0.5) is 13.2 Å². The van der Waals surface area contributed by atoms with E-state index in [1.807, 2.05) is 0 Å². The van der Waals surface area contributed by atoms with Crippen LogP contribution in [-0.4, -0.2) is 52.1 Å². The third-order valence-corrected chi connectivity index (χ3v) is 2.89. The Hall–Kier alpha value is -1.97. The molecule has 1 N–H and O–H groups in total. The molecule has 116 valence electrons. The van der Waals surface area contributed by atoms with Crippen LogP contribution >= 0.6 is 0 Å². The van der Waals surface area contributed by atoms with E-state index in [1.54, 1.807) is 0 Å². The van der Waals surface area contributed by atoms with Gasteiger partial charge in [-0.15, -0.1) is 5.10 Å². The highest BCUT2D eigenvalue weighted by Crippen LogP contribution is 2.19. The van der Waals surface area contributed by atoms with E-state index < -0.39 is 23.6 Å². The van der Waals surface area contributed by atoms with Crippen molar-refractivity contribution in [3.8, 4) is 0 Å². The van der Waals surface area contributed by atoms with Gasteiger partial charge in [0.2, 0.25) is 5.91 Å². The lowest BCUT2D eigenvalue weighted by molar-refractivity contribution is -0.122. The van der Waals surface area contributed by atoms with Crippen molar-refractivity contribution < 1.29 is 27.5 Å². The zero-order valence-electron chi connectivity index (χ0n) is 10.9. The van der Waals surface area contributed by atoms with Gasteiger partial charge in [0.25, 0.3) is 5.78 Å². The fraction of sp³-hybridized carbons (Fsp3) is 0.636. The Morgan fingerprint density at radius 2 is 2.24 bits per heavy atom. The number of ketones is 1. The van der Waals surface area contributed by atoms with E-state index in [9.17, 15) is 22.8 Å². The van der Waals surface area contributed by atoms with Crippen molar-refractivity contribution in [2.24, 2.45) is 0 Å². The minimum Gasteiger partial charge on any atom is -0.376 e. The Kier molecular flexibility index (Phi) is 4.56. The summed E-state index contributed by atoms with van der Waals surface area (Å²) in [5.41, 5.74) is -0.838. The number of Topliss-reactive ketones (excluding diaryl/α,β-unsaturated/α-hetero) is 1. The molecule has 7 nitrogen and oxygen atoms in total. The van der Waals surface area contributed by atoms with Crippen molar-refractivity contribution in [1.82, 2.24) is 20.3 Å². The molecule has 1 aliphatic rings. The minimum absolute atomic E-state index is 0.0351. The number of amides is 1. The molecule has 1 aromatic heterocycles. The van der Waals surface area contributed by atoms with Crippen molar-refractivity contribution >= 4 is 11.7 Å². The molecule has 0 radical (unpaired) electrons. The van der Waals surface area contributed by atoms with E-state index in [1.165, 1.54) is 0 Å². The SMILES string of the molecule is O=C(Cn1cc(C(=O)C(F)(F)F)nn1)NCC1CCCO1. The first kappa shape index (κ1) is 15.4. The molecule has 1 unspecified atom stereocenters. The van der Waals surface area contributed by atoms with Gasteiger partial charge in [0, 0.05) is 13.2 Å². The van der Waals surface area contributed by atoms with Crippen LogP contribution in [0.3, 0.4) is 0 Å². The van der Waals surface area contributed by atoms with E-state index in [4.69, 9.17) is 4.74 Å². The molecular formula is C11H13F3N4O3. The first-order valence-electron chi connectivity index (χ1n) is 6.26. The summed E-state index contributed by atoms with van der Waals surface area (Å²) in [5.74, 6) is -2.53. The summed E-state index contributed by atoms with van der Waals surface area (Å²) in [6.07, 6.45) is -2.46. The first-order chi connectivity index (χ1) is 9.86. The van der Waals surface area contributed by atoms with Crippen LogP contribution in [-0.2, 0) is 16.1 Å². The number of rotatable bonds is 5. The zero-order chi connectivity index (χ0) is 15.5. The van der Waals surface area contributed by atoms with Gasteiger partial charge < -0.3 is 10.1 Å². The van der Waals surface area contributed by atoms with Gasteiger partial charge in [-0.1, -0.05) is 5.21 Å². The summed E-state index contributed by atoms with van der Waals surface area (Å²) >= 11 is 0. The molecule has 1 saturated heterocycles. The molecule has 1 aromatic rings. The predicted octanol–water partition coefficient (Wildman–Crippen LogP) is 0.318. The molecule has 1 aliphatic heterocycles. The Morgan fingerprint density at radius 3 is 2.86 bits per heavy atom. The van der Waals surface area contributed by atoms with Gasteiger partial charge in [-0.3, -0.25) is 9.59 Å². The lowest BCUT2D eigenvalue weighted by Gasteiger charge is -2.10. The molecule has 0 aromatic carbocycles. The van der Waals surface area contributed by atoms with Crippen LogP contribution in [0.25, 0.3) is 0 Å². The van der Waals surface area contributed by atoms with E-state index in [0.717, 1.165) is 23.7 Å². The molecule has 21 heavy (non-hydrogen) atoms. The number of nitrogens with zero attached hydrogens (tertiary/aromatic N) is 3. The highest BCUT2D eigenvalue weighted by Gasteiger charge is 2.41. The number of nitrogens with one attached hydrogen (secondary N) is 1. The van der Waals surface area contributed by atoms with Gasteiger partial charge in [-0.05, 0) is 12.8 Å². The smallest absolute Gasteiger partial charge is 0.376 e. The molecule has 1 amide bonds. The quantitative estimate of drug-likeness (QED) is 0.792. The third kappa shape index (κ3) is 4.25. The lowest BCUT2D eigenvalue weighted by Crippen LogP contribution is -2.34. The maximum atomic E-state index is 12.2. The summed E-state index contributed by atoms with van der Waals surface area (Å²) in [4.78, 5) is 22.5. The largest absolute Gasteiger partial charge is 0.456 e. The van der Waals surface area contributed by atoms with Gasteiger partial charge in [-0.2, -0.15) is 13.2 Å². The summed E-state index contributed by atoms with van der Waals surface area (Å²) in [7, 11) is 0. The molecule has 0 bridgehead atoms. The normalized spacial score (nSPS) is 18.7. The van der Waals surface area contributed by atoms with Crippen LogP contribution in [0.15, 0.2) is 6.20 Å². The van der Waals surface area contributed by atoms with Crippen LogP contribution in [0.2, 0.25) is 0 Å². The van der Waals surface area contributed by atoms with E-state index in [2.05, 4.69) is 15.6 Å². The Balaban J connectivity index is 1.84. The van der Waals surface area contributed by atoms with Crippen LogP contribution in [0.1, 0.15) is 23.3 Å². The Morgan fingerprint density at radius 1 is 1.48 bits per heavy atom. The molecule has 0 spiro atoms. The van der Waals surface area contributed by atoms with Crippen molar-refractivity contribution in [3.05, 3.63) is 11.9 Å². The Bertz CT molecular complexity index is 523. The van der Waals surface area contributed by atoms with Crippen LogP contribution in [0.5, 0.6) is 0 Å². The summed E-state index contributed by atoms with van der Waals surface area (Å²) in [5, 5.41) is 9.02. The maximum absolute atomic E-state index is 12.2. The number of halogens is 3. The predicted molar refractivity (Wildman–Crippen MR) is 62.4 cm³/mol. The van der Waals surface area contributed by atoms with Gasteiger partial charge in [0.05, 0.1) is 12.3 Å². The number of hydrogen-bond donors (Lipinski definition) is 1. The molecule has 2 rings (SSSR count). The fourth-order valence-electron chi connectivity index (χ4n) is 1.86. The topological polar surface area (TPSA) is 86.1 Å². The highest BCUT2D eigenvalue weighted by atomic mass is 19.4. The summed E-state index contributed by atoms with van der Waals surface area (Å²) < 4.78 is 42.7. The molecule has 2 heterocycles. The van der Waals surface area contributed by atoms with E-state index in [0.29, 0.717) is 13.2 Å². The first-order valence-corrected chi connectivity index (χ1v) is 6.26. The van der Waals surface area contributed by atoms with Crippen molar-refractivity contribution in [1.29, 1.82) is 0 Å². The maximum Gasteiger partial charge on any atom is 0.456 e. The third-order valence-electron chi connectivity index (χ3n) is 2.89. The van der Waals surface area contributed by atoms with Gasteiger partial charge >= 0.3 is 6.18 Å². The van der Waals surface area contributed by atoms with Gasteiger partial charge in [-0.25, -0.2) is 4.68 Å². The summed E-state index contributed by atoms with van der Waals surface area (Å²) in [6, 6.07) is 0. The minimum atomic E-state index is -5.01. The van der Waals surface area contributed by atoms with Crippen LogP contribution in [0, 0.1) is 0 Å². The number of aromatic nitrogens is 3. The second-order valence-corrected chi connectivity index (χ2v) is 4.57. The number of ether oxygens (including phenoxy) is 1. The zero-order valence-corrected chi connectivity index (χ0v) is 10.9. The number of hydrogen-bond acceptors (Lipinski definition) is 5. The highest BCUT2D eigenvalue weighted by molar-refractivity contribution is 5.98. The number of carbonyl (C=O) groups is 2. The number of carbonyl (C=O) groups excluding carboxylic acids is 2. The average Bonchev–Trinajstić information content (AvgIpc) is 3.05. The second kappa shape index (κ2) is 6.20. The van der Waals surface area contributed by atoms with Gasteiger partial charge in [0.15, 0.2) is 5.69 Å². The van der Waals surface area contributed by atoms with Crippen molar-refractivity contribution in [2.75, 3.05) is 13.2 Å². The lowest BCUT2D eigenvalue weighted by atomic mass is 10.2. The van der Waals surface area contributed by atoms with Gasteiger partial charge in [0.1, 0.15) is 6.54 Å². The molecule has 0 aliphatic carbocycles. The fourth-order valence-corrected chi connectivity index (χ4v) is 1.86. The molecule has 10 heteroatoms. The number of alkyl halides is 3. The van der Waals surface area contributed by atoms with E-state index in [-0.39, 0.29) is 12.6 Å². The molecule has 1 fully saturated rings. The van der Waals surface area contributed by atoms with Crippen LogP contribution < -0.4 is 5.32 Å². The second-order valence-electron chi connectivity index (χ2n) is 4.57. The van der Waals surface area contributed by atoms with Crippen molar-refractivity contribution in [3.63, 3.8) is 0 Å². The Labute approximate surface area is 117 Å². The van der Waals surface area contributed by atoms with Crippen molar-refractivity contribution in [2.45, 2.75) is 31.7 Å².